The summed E-state index contributed by atoms with van der Waals surface area (Å²) >= 11 is 3.55. The second-order valence-electron chi connectivity index (χ2n) is 5.95. The third kappa shape index (κ3) is 4.61. The minimum Gasteiger partial charge on any atom is -0.307 e. The molecular weight excluding hydrogens is 298 g/mol. The number of nitrogens with one attached hydrogen (secondary N) is 1. The first-order valence-electron chi connectivity index (χ1n) is 7.70. The maximum atomic E-state index is 3.80. The van der Waals surface area contributed by atoms with Crippen molar-refractivity contribution < 1.29 is 0 Å². The van der Waals surface area contributed by atoms with E-state index in [9.17, 15) is 0 Å². The van der Waals surface area contributed by atoms with E-state index in [0.717, 1.165) is 5.92 Å². The Bertz CT molecular complexity index is 383. The molecule has 0 saturated heterocycles. The van der Waals surface area contributed by atoms with Crippen LogP contribution in [0.1, 0.15) is 64.0 Å². The lowest BCUT2D eigenvalue weighted by Gasteiger charge is -2.31. The van der Waals surface area contributed by atoms with Crippen molar-refractivity contribution in [2.24, 2.45) is 5.92 Å². The number of hydrogen-bond acceptors (Lipinski definition) is 1. The van der Waals surface area contributed by atoms with Crippen LogP contribution in [-0.4, -0.2) is 6.04 Å². The second-order valence-corrected chi connectivity index (χ2v) is 6.87. The van der Waals surface area contributed by atoms with Crippen LogP contribution in [0.15, 0.2) is 28.7 Å². The van der Waals surface area contributed by atoms with Gasteiger partial charge in [0.15, 0.2) is 0 Å². The van der Waals surface area contributed by atoms with Crippen LogP contribution in [-0.2, 0) is 0 Å². The van der Waals surface area contributed by atoms with Crippen LogP contribution in [0.25, 0.3) is 0 Å². The molecule has 0 amide bonds. The Kier molecular flexibility index (Phi) is 5.90. The minimum absolute atomic E-state index is 0.449. The minimum atomic E-state index is 0.449. The summed E-state index contributed by atoms with van der Waals surface area (Å²) in [4.78, 5) is 0. The largest absolute Gasteiger partial charge is 0.307 e. The van der Waals surface area contributed by atoms with E-state index in [1.54, 1.807) is 0 Å². The van der Waals surface area contributed by atoms with E-state index in [-0.39, 0.29) is 0 Å². The molecule has 0 heterocycles. The monoisotopic (exact) mass is 323 g/mol. The van der Waals surface area contributed by atoms with Gasteiger partial charge in [-0.1, -0.05) is 47.8 Å². The molecule has 1 aromatic rings. The fourth-order valence-corrected chi connectivity index (χ4v) is 3.67. The van der Waals surface area contributed by atoms with Crippen LogP contribution >= 0.6 is 15.9 Å². The second kappa shape index (κ2) is 7.44. The van der Waals surface area contributed by atoms with Gasteiger partial charge in [-0.3, -0.25) is 0 Å². The first kappa shape index (κ1) is 15.1. The Labute approximate surface area is 126 Å². The Balaban J connectivity index is 1.82. The van der Waals surface area contributed by atoms with E-state index in [4.69, 9.17) is 0 Å². The average molecular weight is 324 g/mol. The van der Waals surface area contributed by atoms with Crippen LogP contribution in [0.2, 0.25) is 0 Å². The fraction of sp³-hybridized carbons (Fsp3) is 0.647. The molecule has 1 aromatic carbocycles. The van der Waals surface area contributed by atoms with Gasteiger partial charge in [0, 0.05) is 16.6 Å². The zero-order valence-corrected chi connectivity index (χ0v) is 13.7. The van der Waals surface area contributed by atoms with Crippen molar-refractivity contribution in [3.05, 3.63) is 34.3 Å². The highest BCUT2D eigenvalue weighted by Gasteiger charge is 2.21. The number of hydrogen-bond donors (Lipinski definition) is 1. The molecule has 1 nitrogen and oxygen atoms in total. The summed E-state index contributed by atoms with van der Waals surface area (Å²) in [6, 6.07) is 9.81. The predicted molar refractivity (Wildman–Crippen MR) is 86.3 cm³/mol. The van der Waals surface area contributed by atoms with E-state index in [2.05, 4.69) is 59.4 Å². The quantitative estimate of drug-likeness (QED) is 0.758. The molecule has 0 bridgehead atoms. The van der Waals surface area contributed by atoms with Crippen molar-refractivity contribution in [1.29, 1.82) is 0 Å². The van der Waals surface area contributed by atoms with Crippen molar-refractivity contribution in [2.45, 2.75) is 64.5 Å². The molecule has 0 aliphatic heterocycles. The fourth-order valence-electron chi connectivity index (χ4n) is 3.25. The Morgan fingerprint density at radius 1 is 1.26 bits per heavy atom. The zero-order chi connectivity index (χ0) is 13.7. The maximum absolute atomic E-state index is 3.80. The first-order chi connectivity index (χ1) is 9.19. The maximum Gasteiger partial charge on any atom is 0.0294 e. The molecule has 1 saturated carbocycles. The van der Waals surface area contributed by atoms with Gasteiger partial charge in [-0.2, -0.15) is 0 Å². The molecule has 1 N–H and O–H groups in total. The van der Waals surface area contributed by atoms with E-state index < -0.39 is 0 Å². The summed E-state index contributed by atoms with van der Waals surface area (Å²) in [5.41, 5.74) is 1.38. The number of halogens is 1. The molecule has 0 radical (unpaired) electrons. The lowest BCUT2D eigenvalue weighted by molar-refractivity contribution is 0.266. The van der Waals surface area contributed by atoms with E-state index in [1.807, 2.05) is 0 Å². The molecule has 0 unspecified atom stereocenters. The smallest absolute Gasteiger partial charge is 0.0294 e. The van der Waals surface area contributed by atoms with Crippen molar-refractivity contribution in [3.63, 3.8) is 0 Å². The van der Waals surface area contributed by atoms with Crippen molar-refractivity contribution in [3.8, 4) is 0 Å². The highest BCUT2D eigenvalue weighted by molar-refractivity contribution is 9.10. The van der Waals surface area contributed by atoms with Crippen LogP contribution in [0.4, 0.5) is 0 Å². The predicted octanol–water partition coefficient (Wildman–Crippen LogP) is 5.46. The highest BCUT2D eigenvalue weighted by Crippen LogP contribution is 2.29. The molecule has 1 fully saturated rings. The van der Waals surface area contributed by atoms with Crippen LogP contribution in [0.3, 0.4) is 0 Å². The Morgan fingerprint density at radius 3 is 2.63 bits per heavy atom. The van der Waals surface area contributed by atoms with Gasteiger partial charge in [0.05, 0.1) is 0 Å². The number of benzene rings is 1. The third-order valence-electron chi connectivity index (χ3n) is 4.38. The van der Waals surface area contributed by atoms with Crippen molar-refractivity contribution >= 4 is 15.9 Å². The molecule has 1 atom stereocenters. The van der Waals surface area contributed by atoms with Gasteiger partial charge in [0.1, 0.15) is 0 Å². The van der Waals surface area contributed by atoms with Crippen LogP contribution in [0, 0.1) is 5.92 Å². The van der Waals surface area contributed by atoms with Gasteiger partial charge in [-0.05, 0) is 56.2 Å². The summed E-state index contributed by atoms with van der Waals surface area (Å²) < 4.78 is 1.17. The normalized spacial score (nSPS) is 25.2. The van der Waals surface area contributed by atoms with Gasteiger partial charge in [0.25, 0.3) is 0 Å². The van der Waals surface area contributed by atoms with Gasteiger partial charge >= 0.3 is 0 Å². The van der Waals surface area contributed by atoms with E-state index in [0.29, 0.717) is 12.1 Å². The Morgan fingerprint density at radius 2 is 2.00 bits per heavy atom. The van der Waals surface area contributed by atoms with E-state index >= 15 is 0 Å². The molecular formula is C17H26BrN. The standard InChI is InChI=1S/C17H26BrN/c1-3-5-14-8-10-17(11-9-14)19-13(2)15-6-4-7-16(18)12-15/h4,6-7,12-14,17,19H,3,5,8-11H2,1-2H3/t13-,14?,17?/m1/s1. The number of rotatable bonds is 5. The summed E-state index contributed by atoms with van der Waals surface area (Å²) in [6.07, 6.45) is 8.30. The molecule has 106 valence electrons. The molecule has 2 heteroatoms. The molecule has 1 aliphatic rings. The van der Waals surface area contributed by atoms with Gasteiger partial charge in [-0.25, -0.2) is 0 Å². The van der Waals surface area contributed by atoms with Crippen LogP contribution < -0.4 is 5.32 Å². The summed E-state index contributed by atoms with van der Waals surface area (Å²) in [7, 11) is 0. The molecule has 19 heavy (non-hydrogen) atoms. The third-order valence-corrected chi connectivity index (χ3v) is 4.87. The Hall–Kier alpha value is -0.340. The molecule has 2 rings (SSSR count). The van der Waals surface area contributed by atoms with Gasteiger partial charge < -0.3 is 5.32 Å². The first-order valence-corrected chi connectivity index (χ1v) is 8.50. The molecule has 0 spiro atoms. The lowest BCUT2D eigenvalue weighted by Crippen LogP contribution is -2.35. The highest BCUT2D eigenvalue weighted by atomic mass is 79.9. The summed E-state index contributed by atoms with van der Waals surface area (Å²) in [6.45, 7) is 4.58. The van der Waals surface area contributed by atoms with Crippen molar-refractivity contribution in [1.82, 2.24) is 5.32 Å². The van der Waals surface area contributed by atoms with Crippen LogP contribution in [0.5, 0.6) is 0 Å². The van der Waals surface area contributed by atoms with Gasteiger partial charge in [-0.15, -0.1) is 0 Å². The van der Waals surface area contributed by atoms with Crippen molar-refractivity contribution in [2.75, 3.05) is 0 Å². The van der Waals surface area contributed by atoms with Gasteiger partial charge in [0.2, 0.25) is 0 Å². The summed E-state index contributed by atoms with van der Waals surface area (Å²) in [5.74, 6) is 0.990. The van der Waals surface area contributed by atoms with E-state index in [1.165, 1.54) is 48.6 Å². The SMILES string of the molecule is CCCC1CCC(N[C@H](C)c2cccc(Br)c2)CC1. The molecule has 1 aliphatic carbocycles. The molecule has 0 aromatic heterocycles. The lowest BCUT2D eigenvalue weighted by atomic mass is 9.83. The average Bonchev–Trinajstić information content (AvgIpc) is 2.41. The zero-order valence-electron chi connectivity index (χ0n) is 12.2. The topological polar surface area (TPSA) is 12.0 Å². The summed E-state index contributed by atoms with van der Waals surface area (Å²) in [5, 5.41) is 3.80.